The maximum atomic E-state index is 5.54. The summed E-state index contributed by atoms with van der Waals surface area (Å²) in [5.74, 6) is 1.46. The van der Waals surface area contributed by atoms with Crippen molar-refractivity contribution in [3.8, 4) is 0 Å². The molecule has 0 atom stereocenters. The number of fused-ring (bicyclic) bond motifs is 3. The predicted octanol–water partition coefficient (Wildman–Crippen LogP) is 3.38. The lowest BCUT2D eigenvalue weighted by molar-refractivity contribution is 0.0658. The van der Waals surface area contributed by atoms with E-state index in [2.05, 4.69) is 52.4 Å². The fourth-order valence-electron chi connectivity index (χ4n) is 4.95. The van der Waals surface area contributed by atoms with Gasteiger partial charge in [-0.2, -0.15) is 9.61 Å². The molecule has 0 N–H and O–H groups in total. The van der Waals surface area contributed by atoms with Crippen LogP contribution in [0.4, 0.5) is 5.69 Å². The highest BCUT2D eigenvalue weighted by atomic mass is 16.5. The summed E-state index contributed by atoms with van der Waals surface area (Å²) in [4.78, 5) is 7.22. The second-order valence-corrected chi connectivity index (χ2v) is 9.41. The van der Waals surface area contributed by atoms with Gasteiger partial charge in [-0.05, 0) is 37.3 Å². The molecule has 6 rings (SSSR count). The Balaban J connectivity index is 1.45. The minimum Gasteiger partial charge on any atom is -0.381 e. The molecule has 0 saturated carbocycles. The van der Waals surface area contributed by atoms with Gasteiger partial charge in [-0.25, -0.2) is 4.98 Å². The maximum absolute atomic E-state index is 5.54. The van der Waals surface area contributed by atoms with Gasteiger partial charge >= 0.3 is 0 Å². The molecule has 0 unspecified atom stereocenters. The number of nitrogens with zero attached hydrogens (tertiary/aromatic N) is 6. The van der Waals surface area contributed by atoms with Crippen LogP contribution in [0.25, 0.3) is 16.6 Å². The van der Waals surface area contributed by atoms with Gasteiger partial charge < -0.3 is 14.4 Å². The van der Waals surface area contributed by atoms with Crippen molar-refractivity contribution in [2.45, 2.75) is 32.6 Å². The molecule has 2 saturated heterocycles. The summed E-state index contributed by atoms with van der Waals surface area (Å²) in [7, 11) is 0. The molecule has 2 aliphatic rings. The number of aryl methyl sites for hydroxylation is 1. The van der Waals surface area contributed by atoms with E-state index in [4.69, 9.17) is 19.6 Å². The smallest absolute Gasteiger partial charge is 0.204 e. The van der Waals surface area contributed by atoms with E-state index in [1.54, 1.807) is 0 Å². The molecule has 4 aromatic rings. The van der Waals surface area contributed by atoms with E-state index in [0.29, 0.717) is 5.92 Å². The highest BCUT2D eigenvalue weighted by Gasteiger charge is 2.22. The first-order chi connectivity index (χ1) is 16.7. The third kappa shape index (κ3) is 4.23. The SMILES string of the molecule is Cc1ccc(Cc2nn3c(CC4CCOCC4)nnc3c3ncc(N4CCOCC4)cc23)cc1. The van der Waals surface area contributed by atoms with Gasteiger partial charge in [-0.1, -0.05) is 29.8 Å². The molecule has 0 radical (unpaired) electrons. The van der Waals surface area contributed by atoms with Crippen molar-refractivity contribution in [1.29, 1.82) is 0 Å². The summed E-state index contributed by atoms with van der Waals surface area (Å²) in [6.07, 6.45) is 5.66. The fraction of sp³-hybridized carbons (Fsp3) is 0.462. The molecule has 176 valence electrons. The first-order valence-corrected chi connectivity index (χ1v) is 12.2. The Morgan fingerprint density at radius 3 is 2.53 bits per heavy atom. The van der Waals surface area contributed by atoms with Crippen LogP contribution in [0.1, 0.15) is 35.5 Å². The van der Waals surface area contributed by atoms with E-state index in [1.807, 2.05) is 10.7 Å². The number of ether oxygens (including phenoxy) is 2. The lowest BCUT2D eigenvalue weighted by Crippen LogP contribution is -2.36. The Hall–Kier alpha value is -3.10. The second kappa shape index (κ2) is 9.27. The highest BCUT2D eigenvalue weighted by molar-refractivity contribution is 5.93. The molecule has 0 bridgehead atoms. The van der Waals surface area contributed by atoms with Crippen molar-refractivity contribution in [2.24, 2.45) is 5.92 Å². The van der Waals surface area contributed by atoms with Crippen LogP contribution in [0.2, 0.25) is 0 Å². The van der Waals surface area contributed by atoms with E-state index in [1.165, 1.54) is 11.1 Å². The average Bonchev–Trinajstić information content (AvgIpc) is 3.29. The van der Waals surface area contributed by atoms with Crippen LogP contribution in [0.15, 0.2) is 36.5 Å². The summed E-state index contributed by atoms with van der Waals surface area (Å²) in [5, 5.41) is 15.2. The molecular weight excluding hydrogens is 428 g/mol. The first-order valence-electron chi connectivity index (χ1n) is 12.2. The average molecular weight is 459 g/mol. The summed E-state index contributed by atoms with van der Waals surface area (Å²) in [6.45, 7) is 6.98. The normalized spacial score (nSPS) is 17.6. The molecule has 0 spiro atoms. The summed E-state index contributed by atoms with van der Waals surface area (Å²) in [5.41, 5.74) is 6.19. The Labute approximate surface area is 198 Å². The molecule has 0 aliphatic carbocycles. The molecular formula is C26H30N6O2. The van der Waals surface area contributed by atoms with Crippen LogP contribution in [0, 0.1) is 12.8 Å². The summed E-state index contributed by atoms with van der Waals surface area (Å²) in [6, 6.07) is 10.9. The summed E-state index contributed by atoms with van der Waals surface area (Å²) >= 11 is 0. The van der Waals surface area contributed by atoms with Gasteiger partial charge in [0.2, 0.25) is 5.65 Å². The number of rotatable bonds is 5. The predicted molar refractivity (Wildman–Crippen MR) is 130 cm³/mol. The van der Waals surface area contributed by atoms with Crippen LogP contribution in [-0.2, 0) is 22.3 Å². The first kappa shape index (κ1) is 21.4. The minimum atomic E-state index is 0.552. The molecule has 5 heterocycles. The molecule has 1 aromatic carbocycles. The van der Waals surface area contributed by atoms with Gasteiger partial charge in [-0.15, -0.1) is 10.2 Å². The van der Waals surface area contributed by atoms with Crippen LogP contribution in [0.3, 0.4) is 0 Å². The number of morpholine rings is 1. The van der Waals surface area contributed by atoms with Crippen molar-refractivity contribution < 1.29 is 9.47 Å². The number of anilines is 1. The lowest BCUT2D eigenvalue weighted by Gasteiger charge is -2.28. The zero-order valence-corrected chi connectivity index (χ0v) is 19.6. The largest absolute Gasteiger partial charge is 0.381 e. The van der Waals surface area contributed by atoms with Gasteiger partial charge in [0.1, 0.15) is 5.52 Å². The maximum Gasteiger partial charge on any atom is 0.204 e. The quantitative estimate of drug-likeness (QED) is 0.454. The molecule has 8 nitrogen and oxygen atoms in total. The van der Waals surface area contributed by atoms with Crippen LogP contribution in [-0.4, -0.2) is 64.3 Å². The van der Waals surface area contributed by atoms with Gasteiger partial charge in [0.05, 0.1) is 30.8 Å². The van der Waals surface area contributed by atoms with E-state index in [9.17, 15) is 0 Å². The van der Waals surface area contributed by atoms with Crippen molar-refractivity contribution >= 4 is 22.2 Å². The number of pyridine rings is 1. The molecule has 2 aliphatic heterocycles. The standard InChI is InChI=1S/C26H30N6O2/c1-18-2-4-19(5-3-18)14-23-22-16-21(31-8-12-34-13-9-31)17-27-25(22)26-29-28-24(32(26)30-23)15-20-6-10-33-11-7-20/h2-5,16-17,20H,6-15H2,1H3. The zero-order valence-electron chi connectivity index (χ0n) is 19.6. The van der Waals surface area contributed by atoms with Crippen molar-refractivity contribution in [3.63, 3.8) is 0 Å². The van der Waals surface area contributed by atoms with Crippen LogP contribution >= 0.6 is 0 Å². The fourth-order valence-corrected chi connectivity index (χ4v) is 4.95. The van der Waals surface area contributed by atoms with Gasteiger partial charge in [-0.3, -0.25) is 0 Å². The van der Waals surface area contributed by atoms with Gasteiger partial charge in [0, 0.05) is 44.5 Å². The van der Waals surface area contributed by atoms with E-state index in [-0.39, 0.29) is 0 Å². The van der Waals surface area contributed by atoms with E-state index >= 15 is 0 Å². The molecule has 3 aromatic heterocycles. The zero-order chi connectivity index (χ0) is 22.9. The van der Waals surface area contributed by atoms with Crippen molar-refractivity contribution in [3.05, 3.63) is 59.2 Å². The Kier molecular flexibility index (Phi) is 5.84. The minimum absolute atomic E-state index is 0.552. The number of hydrogen-bond acceptors (Lipinski definition) is 7. The van der Waals surface area contributed by atoms with Crippen molar-refractivity contribution in [1.82, 2.24) is 24.8 Å². The number of benzene rings is 1. The topological polar surface area (TPSA) is 77.7 Å². The summed E-state index contributed by atoms with van der Waals surface area (Å²) < 4.78 is 13.0. The third-order valence-electron chi connectivity index (χ3n) is 7.00. The Bertz CT molecular complexity index is 1290. The Morgan fingerprint density at radius 1 is 0.971 bits per heavy atom. The molecule has 8 heteroatoms. The molecule has 2 fully saturated rings. The second-order valence-electron chi connectivity index (χ2n) is 9.41. The Morgan fingerprint density at radius 2 is 1.74 bits per heavy atom. The highest BCUT2D eigenvalue weighted by Crippen LogP contribution is 2.28. The van der Waals surface area contributed by atoms with E-state index < -0.39 is 0 Å². The monoisotopic (exact) mass is 458 g/mol. The van der Waals surface area contributed by atoms with Gasteiger partial charge in [0.15, 0.2) is 5.82 Å². The third-order valence-corrected chi connectivity index (χ3v) is 7.00. The van der Waals surface area contributed by atoms with Crippen LogP contribution < -0.4 is 4.90 Å². The lowest BCUT2D eigenvalue weighted by atomic mass is 9.96. The molecule has 0 amide bonds. The van der Waals surface area contributed by atoms with Gasteiger partial charge in [0.25, 0.3) is 0 Å². The number of aromatic nitrogens is 5. The number of hydrogen-bond donors (Lipinski definition) is 0. The van der Waals surface area contributed by atoms with E-state index in [0.717, 1.165) is 99.0 Å². The van der Waals surface area contributed by atoms with Crippen molar-refractivity contribution in [2.75, 3.05) is 44.4 Å². The molecule has 34 heavy (non-hydrogen) atoms. The van der Waals surface area contributed by atoms with Crippen LogP contribution in [0.5, 0.6) is 0 Å².